The first-order valence-electron chi connectivity index (χ1n) is 8.10. The largest absolute Gasteiger partial charge is 0.490 e. The molecule has 0 unspecified atom stereocenters. The molecule has 3 rings (SSSR count). The van der Waals surface area contributed by atoms with E-state index in [-0.39, 0.29) is 18.9 Å². The molecule has 1 aliphatic carbocycles. The Morgan fingerprint density at radius 1 is 1.08 bits per heavy atom. The molecular formula is C19H19F3O2. The highest BCUT2D eigenvalue weighted by atomic mass is 19.4. The average Bonchev–Trinajstić information content (AvgIpc) is 2.57. The molecular weight excluding hydrogens is 317 g/mol. The van der Waals surface area contributed by atoms with Crippen LogP contribution in [0, 0.1) is 12.8 Å². The van der Waals surface area contributed by atoms with Crippen molar-refractivity contribution in [1.82, 2.24) is 0 Å². The Morgan fingerprint density at radius 3 is 2.38 bits per heavy atom. The molecule has 1 aliphatic rings. The Labute approximate surface area is 138 Å². The van der Waals surface area contributed by atoms with E-state index in [1.165, 1.54) is 0 Å². The van der Waals surface area contributed by atoms with Crippen molar-refractivity contribution < 1.29 is 22.7 Å². The van der Waals surface area contributed by atoms with Crippen molar-refractivity contribution in [2.24, 2.45) is 5.92 Å². The molecule has 0 bridgehead atoms. The predicted molar refractivity (Wildman–Crippen MR) is 86.5 cm³/mol. The number of hydrogen-bond donors (Lipinski definition) is 0. The van der Waals surface area contributed by atoms with Crippen molar-refractivity contribution in [3.63, 3.8) is 0 Å². The highest BCUT2D eigenvalue weighted by Gasteiger charge is 2.41. The summed E-state index contributed by atoms with van der Waals surface area (Å²) < 4.78 is 44.2. The second-order valence-corrected chi connectivity index (χ2v) is 6.42. The Hall–Kier alpha value is -2.04. The molecule has 0 spiro atoms. The predicted octanol–water partition coefficient (Wildman–Crippen LogP) is 5.46. The minimum atomic E-state index is -4.10. The number of benzene rings is 2. The van der Waals surface area contributed by atoms with Crippen molar-refractivity contribution >= 4 is 17.1 Å². The van der Waals surface area contributed by atoms with Crippen LogP contribution in [0.5, 0.6) is 5.75 Å². The van der Waals surface area contributed by atoms with Crippen molar-refractivity contribution in [2.45, 2.75) is 44.9 Å². The number of alkyl halides is 3. The first kappa shape index (κ1) is 16.8. The summed E-state index contributed by atoms with van der Waals surface area (Å²) in [6, 6.07) is 9.21. The van der Waals surface area contributed by atoms with Gasteiger partial charge in [-0.1, -0.05) is 18.2 Å². The van der Waals surface area contributed by atoms with Gasteiger partial charge in [0.1, 0.15) is 12.0 Å². The third kappa shape index (κ3) is 3.40. The van der Waals surface area contributed by atoms with Gasteiger partial charge in [-0.2, -0.15) is 13.2 Å². The van der Waals surface area contributed by atoms with Gasteiger partial charge in [-0.25, -0.2) is 0 Å². The molecule has 0 atom stereocenters. The Bertz CT molecular complexity index is 744. The number of carbonyl (C=O) groups excluding carboxylic acids is 1. The highest BCUT2D eigenvalue weighted by molar-refractivity contribution is 5.92. The summed E-state index contributed by atoms with van der Waals surface area (Å²) in [4.78, 5) is 11.0. The summed E-state index contributed by atoms with van der Waals surface area (Å²) in [5.74, 6) is -0.522. The van der Waals surface area contributed by atoms with Crippen molar-refractivity contribution in [1.29, 1.82) is 0 Å². The van der Waals surface area contributed by atoms with Gasteiger partial charge in [0.25, 0.3) is 0 Å². The van der Waals surface area contributed by atoms with Crippen LogP contribution in [0.4, 0.5) is 13.2 Å². The maximum Gasteiger partial charge on any atom is 0.391 e. The van der Waals surface area contributed by atoms with E-state index in [9.17, 15) is 18.0 Å². The van der Waals surface area contributed by atoms with E-state index in [0.29, 0.717) is 24.2 Å². The molecule has 1 saturated carbocycles. The molecule has 0 aromatic heterocycles. The number of aryl methyl sites for hydroxylation is 1. The SMILES string of the molecule is Cc1c(OC2CCC(C(F)(F)F)CC2)ccc2ccc(C=O)cc12. The van der Waals surface area contributed by atoms with Crippen LogP contribution < -0.4 is 4.74 Å². The molecule has 0 amide bonds. The monoisotopic (exact) mass is 336 g/mol. The third-order valence-corrected chi connectivity index (χ3v) is 4.83. The second kappa shape index (κ2) is 6.46. The maximum atomic E-state index is 12.7. The van der Waals surface area contributed by atoms with Gasteiger partial charge in [-0.3, -0.25) is 4.79 Å². The van der Waals surface area contributed by atoms with E-state index < -0.39 is 12.1 Å². The van der Waals surface area contributed by atoms with Crippen LogP contribution in [0.1, 0.15) is 41.6 Å². The van der Waals surface area contributed by atoms with Crippen molar-refractivity contribution in [2.75, 3.05) is 0 Å². The molecule has 2 nitrogen and oxygen atoms in total. The van der Waals surface area contributed by atoms with Crippen LogP contribution >= 0.6 is 0 Å². The molecule has 1 fully saturated rings. The average molecular weight is 336 g/mol. The Kier molecular flexibility index (Phi) is 4.52. The summed E-state index contributed by atoms with van der Waals surface area (Å²) in [5.41, 5.74) is 1.50. The Balaban J connectivity index is 1.76. The van der Waals surface area contributed by atoms with Crippen LogP contribution in [0.3, 0.4) is 0 Å². The molecule has 2 aromatic carbocycles. The fourth-order valence-corrected chi connectivity index (χ4v) is 3.36. The molecule has 5 heteroatoms. The van der Waals surface area contributed by atoms with E-state index >= 15 is 0 Å². The zero-order valence-electron chi connectivity index (χ0n) is 13.4. The molecule has 24 heavy (non-hydrogen) atoms. The van der Waals surface area contributed by atoms with Crippen molar-refractivity contribution in [3.05, 3.63) is 41.5 Å². The number of fused-ring (bicyclic) bond motifs is 1. The van der Waals surface area contributed by atoms with Gasteiger partial charge in [-0.15, -0.1) is 0 Å². The van der Waals surface area contributed by atoms with Crippen LogP contribution in [-0.4, -0.2) is 18.6 Å². The van der Waals surface area contributed by atoms with Gasteiger partial charge in [0.15, 0.2) is 0 Å². The maximum absolute atomic E-state index is 12.7. The number of halogens is 3. The second-order valence-electron chi connectivity index (χ2n) is 6.42. The molecule has 0 heterocycles. The number of rotatable bonds is 3. The fourth-order valence-electron chi connectivity index (χ4n) is 3.36. The van der Waals surface area contributed by atoms with E-state index in [4.69, 9.17) is 4.74 Å². The lowest BCUT2D eigenvalue weighted by Gasteiger charge is -2.30. The lowest BCUT2D eigenvalue weighted by atomic mass is 9.87. The molecule has 0 saturated heterocycles. The van der Waals surface area contributed by atoms with Crippen LogP contribution in [0.15, 0.2) is 30.3 Å². The van der Waals surface area contributed by atoms with Crippen LogP contribution in [0.2, 0.25) is 0 Å². The zero-order chi connectivity index (χ0) is 17.3. The van der Waals surface area contributed by atoms with Crippen molar-refractivity contribution in [3.8, 4) is 5.75 Å². The van der Waals surface area contributed by atoms with Gasteiger partial charge < -0.3 is 4.74 Å². The van der Waals surface area contributed by atoms with Gasteiger partial charge in [0.2, 0.25) is 0 Å². The molecule has 0 aliphatic heterocycles. The minimum Gasteiger partial charge on any atom is -0.490 e. The van der Waals surface area contributed by atoms with Gasteiger partial charge in [0, 0.05) is 5.56 Å². The number of carbonyl (C=O) groups is 1. The smallest absolute Gasteiger partial charge is 0.391 e. The normalized spacial score (nSPS) is 21.7. The van der Waals surface area contributed by atoms with E-state index in [1.807, 2.05) is 31.2 Å². The number of hydrogen-bond acceptors (Lipinski definition) is 2. The topological polar surface area (TPSA) is 26.3 Å². The first-order chi connectivity index (χ1) is 11.4. The molecule has 0 N–H and O–H groups in total. The van der Waals surface area contributed by atoms with E-state index in [2.05, 4.69) is 0 Å². The third-order valence-electron chi connectivity index (χ3n) is 4.83. The zero-order valence-corrected chi connectivity index (χ0v) is 13.4. The summed E-state index contributed by atoms with van der Waals surface area (Å²) >= 11 is 0. The summed E-state index contributed by atoms with van der Waals surface area (Å²) in [6.45, 7) is 1.91. The standard InChI is InChI=1S/C19H19F3O2/c1-12-17-10-13(11-23)2-3-14(17)4-9-18(12)24-16-7-5-15(6-8-16)19(20,21)22/h2-4,9-11,15-16H,5-8H2,1H3. The Morgan fingerprint density at radius 2 is 1.75 bits per heavy atom. The summed E-state index contributed by atoms with van der Waals surface area (Å²) in [7, 11) is 0. The lowest BCUT2D eigenvalue weighted by Crippen LogP contribution is -2.31. The number of aldehydes is 1. The molecule has 128 valence electrons. The summed E-state index contributed by atoms with van der Waals surface area (Å²) in [6.07, 6.45) is -2.42. The quantitative estimate of drug-likeness (QED) is 0.696. The van der Waals surface area contributed by atoms with Gasteiger partial charge in [0.05, 0.1) is 12.0 Å². The first-order valence-corrected chi connectivity index (χ1v) is 8.10. The van der Waals surface area contributed by atoms with E-state index in [0.717, 1.165) is 22.6 Å². The lowest BCUT2D eigenvalue weighted by molar-refractivity contribution is -0.185. The van der Waals surface area contributed by atoms with Gasteiger partial charge >= 0.3 is 6.18 Å². The molecule has 2 aromatic rings. The van der Waals surface area contributed by atoms with E-state index in [1.54, 1.807) is 6.07 Å². The number of ether oxygens (including phenoxy) is 1. The minimum absolute atomic E-state index is 0.121. The highest BCUT2D eigenvalue weighted by Crippen LogP contribution is 2.39. The van der Waals surface area contributed by atoms with Gasteiger partial charge in [-0.05, 0) is 61.1 Å². The fraction of sp³-hybridized carbons (Fsp3) is 0.421. The summed E-state index contributed by atoms with van der Waals surface area (Å²) in [5, 5.41) is 1.94. The molecule has 0 radical (unpaired) electrons. The van der Waals surface area contributed by atoms with Crippen LogP contribution in [0.25, 0.3) is 10.8 Å². The van der Waals surface area contributed by atoms with Crippen LogP contribution in [-0.2, 0) is 0 Å².